The lowest BCUT2D eigenvalue weighted by atomic mass is 9.93. The van der Waals surface area contributed by atoms with Gasteiger partial charge < -0.3 is 15.0 Å². The van der Waals surface area contributed by atoms with Crippen LogP contribution in [0.15, 0.2) is 0 Å². The molecule has 1 saturated heterocycles. The molecule has 0 radical (unpaired) electrons. The number of hydrogen-bond acceptors (Lipinski definition) is 2. The molecule has 2 rings (SSSR count). The summed E-state index contributed by atoms with van der Waals surface area (Å²) in [6, 6.07) is 0.531. The number of ether oxygens (including phenoxy) is 1. The van der Waals surface area contributed by atoms with E-state index >= 15 is 0 Å². The molecule has 0 aromatic rings. The van der Waals surface area contributed by atoms with Crippen molar-refractivity contribution in [2.45, 2.75) is 25.3 Å². The largest absolute Gasteiger partial charge is 0.378 e. The van der Waals surface area contributed by atoms with Gasteiger partial charge in [0, 0.05) is 19.1 Å². The van der Waals surface area contributed by atoms with Gasteiger partial charge in [0.15, 0.2) is 0 Å². The Labute approximate surface area is 78.2 Å². The van der Waals surface area contributed by atoms with E-state index in [9.17, 15) is 4.79 Å². The van der Waals surface area contributed by atoms with Gasteiger partial charge in [0.2, 0.25) is 0 Å². The summed E-state index contributed by atoms with van der Waals surface area (Å²) < 4.78 is 5.17. The zero-order chi connectivity index (χ0) is 9.10. The highest BCUT2D eigenvalue weighted by molar-refractivity contribution is 5.74. The average Bonchev–Trinajstić information content (AvgIpc) is 2.12. The van der Waals surface area contributed by atoms with Gasteiger partial charge >= 0.3 is 6.03 Å². The van der Waals surface area contributed by atoms with Crippen LogP contribution in [-0.4, -0.2) is 43.3 Å². The van der Waals surface area contributed by atoms with E-state index in [4.69, 9.17) is 4.74 Å². The van der Waals surface area contributed by atoms with Gasteiger partial charge in [-0.25, -0.2) is 4.79 Å². The molecule has 4 heteroatoms. The quantitative estimate of drug-likeness (QED) is 0.647. The van der Waals surface area contributed by atoms with E-state index in [1.807, 2.05) is 4.90 Å². The van der Waals surface area contributed by atoms with Crippen LogP contribution in [0.25, 0.3) is 0 Å². The number of morpholine rings is 1. The molecule has 1 N–H and O–H groups in total. The predicted octanol–water partition coefficient (Wildman–Crippen LogP) is 0.581. The summed E-state index contributed by atoms with van der Waals surface area (Å²) in [5.41, 5.74) is 0. The van der Waals surface area contributed by atoms with Crippen molar-refractivity contribution in [3.8, 4) is 0 Å². The first-order valence-corrected chi connectivity index (χ1v) is 4.99. The third-order valence-electron chi connectivity index (χ3n) is 2.73. The first-order valence-electron chi connectivity index (χ1n) is 4.99. The zero-order valence-corrected chi connectivity index (χ0v) is 7.79. The van der Waals surface area contributed by atoms with Crippen LogP contribution in [0.1, 0.15) is 19.3 Å². The van der Waals surface area contributed by atoms with Gasteiger partial charge in [-0.3, -0.25) is 0 Å². The van der Waals surface area contributed by atoms with Crippen molar-refractivity contribution in [2.24, 2.45) is 0 Å². The Balaban J connectivity index is 1.74. The Bertz CT molecular complexity index is 186. The first kappa shape index (κ1) is 8.81. The average molecular weight is 184 g/mol. The molecular formula is C9H16N2O2. The summed E-state index contributed by atoms with van der Waals surface area (Å²) in [5.74, 6) is 0. The SMILES string of the molecule is O=C(NC1CCC1)N1CCOCC1. The highest BCUT2D eigenvalue weighted by Gasteiger charge is 2.23. The molecule has 2 amide bonds. The number of rotatable bonds is 1. The molecule has 0 aromatic heterocycles. The molecule has 74 valence electrons. The lowest BCUT2D eigenvalue weighted by molar-refractivity contribution is 0.0517. The maximum atomic E-state index is 11.6. The standard InChI is InChI=1S/C9H16N2O2/c12-9(10-8-2-1-3-8)11-4-6-13-7-5-11/h8H,1-7H2,(H,10,12). The molecule has 4 nitrogen and oxygen atoms in total. The summed E-state index contributed by atoms with van der Waals surface area (Å²) in [7, 11) is 0. The van der Waals surface area contributed by atoms with Crippen molar-refractivity contribution in [3.05, 3.63) is 0 Å². The van der Waals surface area contributed by atoms with E-state index in [1.54, 1.807) is 0 Å². The van der Waals surface area contributed by atoms with Gasteiger partial charge in [0.1, 0.15) is 0 Å². The third-order valence-corrected chi connectivity index (χ3v) is 2.73. The Morgan fingerprint density at radius 1 is 1.31 bits per heavy atom. The smallest absolute Gasteiger partial charge is 0.317 e. The highest BCUT2D eigenvalue weighted by Crippen LogP contribution is 2.18. The fourth-order valence-corrected chi connectivity index (χ4v) is 1.58. The molecule has 0 bridgehead atoms. The Hall–Kier alpha value is -0.770. The molecule has 1 aliphatic carbocycles. The second kappa shape index (κ2) is 3.96. The Morgan fingerprint density at radius 2 is 2.00 bits per heavy atom. The summed E-state index contributed by atoms with van der Waals surface area (Å²) >= 11 is 0. The van der Waals surface area contributed by atoms with E-state index in [2.05, 4.69) is 5.32 Å². The maximum Gasteiger partial charge on any atom is 0.317 e. The van der Waals surface area contributed by atoms with Crippen LogP contribution in [-0.2, 0) is 4.74 Å². The number of nitrogens with zero attached hydrogens (tertiary/aromatic N) is 1. The normalized spacial score (nSPS) is 23.8. The number of nitrogens with one attached hydrogen (secondary N) is 1. The Kier molecular flexibility index (Phi) is 2.68. The molecule has 0 atom stereocenters. The molecule has 13 heavy (non-hydrogen) atoms. The summed E-state index contributed by atoms with van der Waals surface area (Å²) in [4.78, 5) is 13.4. The number of carbonyl (C=O) groups excluding carboxylic acids is 1. The number of carbonyl (C=O) groups is 1. The third kappa shape index (κ3) is 2.12. The molecule has 2 fully saturated rings. The number of hydrogen-bond donors (Lipinski definition) is 1. The molecule has 1 saturated carbocycles. The minimum absolute atomic E-state index is 0.0907. The molecule has 2 aliphatic rings. The number of amides is 2. The first-order chi connectivity index (χ1) is 6.36. The van der Waals surface area contributed by atoms with Gasteiger partial charge in [-0.1, -0.05) is 0 Å². The van der Waals surface area contributed by atoms with E-state index < -0.39 is 0 Å². The second-order valence-corrected chi connectivity index (χ2v) is 3.68. The maximum absolute atomic E-state index is 11.6. The molecule has 0 unspecified atom stereocenters. The van der Waals surface area contributed by atoms with E-state index in [0.29, 0.717) is 19.3 Å². The van der Waals surface area contributed by atoms with Crippen LogP contribution in [0.5, 0.6) is 0 Å². The van der Waals surface area contributed by atoms with Gasteiger partial charge in [-0.05, 0) is 19.3 Å². The molecule has 0 aromatic carbocycles. The van der Waals surface area contributed by atoms with E-state index in [-0.39, 0.29) is 6.03 Å². The van der Waals surface area contributed by atoms with Crippen molar-refractivity contribution < 1.29 is 9.53 Å². The van der Waals surface area contributed by atoms with E-state index in [1.165, 1.54) is 6.42 Å². The molecule has 0 spiro atoms. The fraction of sp³-hybridized carbons (Fsp3) is 0.889. The van der Waals surface area contributed by atoms with Gasteiger partial charge in [-0.15, -0.1) is 0 Å². The summed E-state index contributed by atoms with van der Waals surface area (Å²) in [6.07, 6.45) is 3.56. The zero-order valence-electron chi connectivity index (χ0n) is 7.79. The predicted molar refractivity (Wildman–Crippen MR) is 48.6 cm³/mol. The minimum atomic E-state index is 0.0907. The monoisotopic (exact) mass is 184 g/mol. The van der Waals surface area contributed by atoms with Crippen LogP contribution in [0.2, 0.25) is 0 Å². The summed E-state index contributed by atoms with van der Waals surface area (Å²) in [5, 5.41) is 3.02. The minimum Gasteiger partial charge on any atom is -0.378 e. The molecule has 1 heterocycles. The van der Waals surface area contributed by atoms with E-state index in [0.717, 1.165) is 25.9 Å². The number of urea groups is 1. The fourth-order valence-electron chi connectivity index (χ4n) is 1.58. The van der Waals surface area contributed by atoms with Crippen LogP contribution in [0, 0.1) is 0 Å². The van der Waals surface area contributed by atoms with Crippen molar-refractivity contribution in [1.82, 2.24) is 10.2 Å². The summed E-state index contributed by atoms with van der Waals surface area (Å²) in [6.45, 7) is 2.83. The van der Waals surface area contributed by atoms with Crippen LogP contribution >= 0.6 is 0 Å². The van der Waals surface area contributed by atoms with Gasteiger partial charge in [0.25, 0.3) is 0 Å². The molecule has 1 aliphatic heterocycles. The molecular weight excluding hydrogens is 168 g/mol. The van der Waals surface area contributed by atoms with Crippen LogP contribution < -0.4 is 5.32 Å². The Morgan fingerprint density at radius 3 is 2.54 bits per heavy atom. The topological polar surface area (TPSA) is 41.6 Å². The van der Waals surface area contributed by atoms with Crippen molar-refractivity contribution in [1.29, 1.82) is 0 Å². The van der Waals surface area contributed by atoms with Crippen LogP contribution in [0.3, 0.4) is 0 Å². The van der Waals surface area contributed by atoms with Crippen molar-refractivity contribution >= 4 is 6.03 Å². The van der Waals surface area contributed by atoms with Crippen molar-refractivity contribution in [2.75, 3.05) is 26.3 Å². The lowest BCUT2D eigenvalue weighted by Crippen LogP contribution is -2.50. The van der Waals surface area contributed by atoms with Gasteiger partial charge in [-0.2, -0.15) is 0 Å². The van der Waals surface area contributed by atoms with Crippen LogP contribution in [0.4, 0.5) is 4.79 Å². The highest BCUT2D eigenvalue weighted by atomic mass is 16.5. The second-order valence-electron chi connectivity index (χ2n) is 3.68. The lowest BCUT2D eigenvalue weighted by Gasteiger charge is -2.32. The van der Waals surface area contributed by atoms with Gasteiger partial charge in [0.05, 0.1) is 13.2 Å². The van der Waals surface area contributed by atoms with Crippen molar-refractivity contribution in [3.63, 3.8) is 0 Å².